The van der Waals surface area contributed by atoms with Gasteiger partial charge in [-0.3, -0.25) is 0 Å². The molecule has 1 aliphatic rings. The Bertz CT molecular complexity index is 397. The average Bonchev–Trinajstić information content (AvgIpc) is 2.76. The summed E-state index contributed by atoms with van der Waals surface area (Å²) in [5.74, 6) is 0.653. The fourth-order valence-electron chi connectivity index (χ4n) is 3.46. The normalized spacial score (nSPS) is 20.9. The monoisotopic (exact) mass is 288 g/mol. The van der Waals surface area contributed by atoms with Gasteiger partial charge in [0.05, 0.1) is 0 Å². The molecule has 1 atom stereocenters. The Hall–Kier alpha value is -0.860. The molecule has 1 N–H and O–H groups in total. The SMILES string of the molecule is CCC1(CC)CN(CCC(C)c2ccccc2)CCCN1. The van der Waals surface area contributed by atoms with E-state index < -0.39 is 0 Å². The maximum Gasteiger partial charge on any atom is 0.0303 e. The summed E-state index contributed by atoms with van der Waals surface area (Å²) in [7, 11) is 0. The third kappa shape index (κ3) is 4.55. The van der Waals surface area contributed by atoms with Crippen LogP contribution in [-0.4, -0.2) is 36.6 Å². The van der Waals surface area contributed by atoms with E-state index in [1.165, 1.54) is 57.4 Å². The van der Waals surface area contributed by atoms with Gasteiger partial charge in [0.1, 0.15) is 0 Å². The van der Waals surface area contributed by atoms with Crippen LogP contribution in [0.15, 0.2) is 30.3 Å². The highest BCUT2D eigenvalue weighted by Gasteiger charge is 2.30. The molecule has 2 nitrogen and oxygen atoms in total. The van der Waals surface area contributed by atoms with Crippen LogP contribution in [0.5, 0.6) is 0 Å². The molecule has 1 saturated heterocycles. The second kappa shape index (κ2) is 7.95. The van der Waals surface area contributed by atoms with Crippen LogP contribution < -0.4 is 5.32 Å². The maximum atomic E-state index is 3.80. The summed E-state index contributed by atoms with van der Waals surface area (Å²) in [5, 5.41) is 3.80. The Kier molecular flexibility index (Phi) is 6.25. The Morgan fingerprint density at radius 1 is 1.19 bits per heavy atom. The van der Waals surface area contributed by atoms with Crippen molar-refractivity contribution < 1.29 is 0 Å². The maximum absolute atomic E-state index is 3.80. The average molecular weight is 288 g/mol. The molecule has 0 radical (unpaired) electrons. The zero-order chi connectivity index (χ0) is 15.1. The molecule has 0 saturated carbocycles. The molecule has 0 amide bonds. The van der Waals surface area contributed by atoms with Crippen molar-refractivity contribution in [2.75, 3.05) is 26.2 Å². The van der Waals surface area contributed by atoms with Crippen molar-refractivity contribution in [1.29, 1.82) is 0 Å². The summed E-state index contributed by atoms with van der Waals surface area (Å²) in [6.07, 6.45) is 5.00. The van der Waals surface area contributed by atoms with E-state index in [0.29, 0.717) is 11.5 Å². The molecule has 0 bridgehead atoms. The van der Waals surface area contributed by atoms with E-state index in [1.54, 1.807) is 0 Å². The van der Waals surface area contributed by atoms with Gasteiger partial charge in [-0.1, -0.05) is 51.1 Å². The fourth-order valence-corrected chi connectivity index (χ4v) is 3.46. The number of rotatable bonds is 6. The summed E-state index contributed by atoms with van der Waals surface area (Å²) in [4.78, 5) is 2.69. The van der Waals surface area contributed by atoms with Gasteiger partial charge in [0.25, 0.3) is 0 Å². The van der Waals surface area contributed by atoms with Crippen molar-refractivity contribution in [1.82, 2.24) is 10.2 Å². The third-order valence-electron chi connectivity index (χ3n) is 5.28. The largest absolute Gasteiger partial charge is 0.310 e. The quantitative estimate of drug-likeness (QED) is 0.850. The summed E-state index contributed by atoms with van der Waals surface area (Å²) >= 11 is 0. The van der Waals surface area contributed by atoms with E-state index in [1.807, 2.05) is 0 Å². The van der Waals surface area contributed by atoms with Gasteiger partial charge < -0.3 is 10.2 Å². The second-order valence-electron chi connectivity index (χ2n) is 6.64. The molecule has 118 valence electrons. The number of nitrogens with zero attached hydrogens (tertiary/aromatic N) is 1. The minimum absolute atomic E-state index is 0.340. The number of hydrogen-bond acceptors (Lipinski definition) is 2. The van der Waals surface area contributed by atoms with Crippen molar-refractivity contribution >= 4 is 0 Å². The minimum Gasteiger partial charge on any atom is -0.310 e. The second-order valence-corrected chi connectivity index (χ2v) is 6.64. The van der Waals surface area contributed by atoms with Gasteiger partial charge in [-0.25, -0.2) is 0 Å². The van der Waals surface area contributed by atoms with E-state index in [-0.39, 0.29) is 0 Å². The lowest BCUT2D eigenvalue weighted by molar-refractivity contribution is 0.193. The predicted octanol–water partition coefficient (Wildman–Crippen LogP) is 4.03. The standard InChI is InChI=1S/C19H32N2/c1-4-19(5-2)16-21(14-9-13-20-19)15-12-17(3)18-10-7-6-8-11-18/h6-8,10-11,17,20H,4-5,9,12-16H2,1-3H3. The Balaban J connectivity index is 1.89. The van der Waals surface area contributed by atoms with Gasteiger partial charge >= 0.3 is 0 Å². The lowest BCUT2D eigenvalue weighted by Gasteiger charge is -2.35. The first-order chi connectivity index (χ1) is 10.2. The lowest BCUT2D eigenvalue weighted by atomic mass is 9.92. The van der Waals surface area contributed by atoms with Crippen LogP contribution in [0.1, 0.15) is 57.9 Å². The zero-order valence-corrected chi connectivity index (χ0v) is 14.1. The molecular weight excluding hydrogens is 256 g/mol. The number of nitrogens with one attached hydrogen (secondary N) is 1. The molecule has 1 unspecified atom stereocenters. The number of benzene rings is 1. The first kappa shape index (κ1) is 16.5. The van der Waals surface area contributed by atoms with Gasteiger partial charge in [0.15, 0.2) is 0 Å². The van der Waals surface area contributed by atoms with Crippen molar-refractivity contribution in [3.63, 3.8) is 0 Å². The van der Waals surface area contributed by atoms with Crippen molar-refractivity contribution in [2.24, 2.45) is 0 Å². The van der Waals surface area contributed by atoms with Gasteiger partial charge in [0.2, 0.25) is 0 Å². The van der Waals surface area contributed by atoms with Crippen LogP contribution in [0.3, 0.4) is 0 Å². The van der Waals surface area contributed by atoms with E-state index in [9.17, 15) is 0 Å². The number of hydrogen-bond donors (Lipinski definition) is 1. The van der Waals surface area contributed by atoms with Crippen LogP contribution >= 0.6 is 0 Å². The molecule has 1 heterocycles. The van der Waals surface area contributed by atoms with Gasteiger partial charge in [-0.2, -0.15) is 0 Å². The Morgan fingerprint density at radius 2 is 1.90 bits per heavy atom. The smallest absolute Gasteiger partial charge is 0.0303 e. The minimum atomic E-state index is 0.340. The van der Waals surface area contributed by atoms with Gasteiger partial charge in [0, 0.05) is 12.1 Å². The molecule has 1 fully saturated rings. The van der Waals surface area contributed by atoms with Gasteiger partial charge in [-0.05, 0) is 56.8 Å². The highest BCUT2D eigenvalue weighted by atomic mass is 15.2. The lowest BCUT2D eigenvalue weighted by Crippen LogP contribution is -2.50. The molecular formula is C19H32N2. The van der Waals surface area contributed by atoms with E-state index in [0.717, 1.165) is 0 Å². The van der Waals surface area contributed by atoms with Crippen LogP contribution in [0, 0.1) is 0 Å². The summed E-state index contributed by atoms with van der Waals surface area (Å²) in [5.41, 5.74) is 1.81. The van der Waals surface area contributed by atoms with Crippen LogP contribution in [-0.2, 0) is 0 Å². The summed E-state index contributed by atoms with van der Waals surface area (Å²) in [6.45, 7) is 11.9. The molecule has 1 aromatic carbocycles. The fraction of sp³-hybridized carbons (Fsp3) is 0.684. The van der Waals surface area contributed by atoms with Gasteiger partial charge in [-0.15, -0.1) is 0 Å². The molecule has 1 aromatic rings. The van der Waals surface area contributed by atoms with E-state index in [2.05, 4.69) is 61.3 Å². The van der Waals surface area contributed by atoms with Crippen molar-refractivity contribution in [3.05, 3.63) is 35.9 Å². The first-order valence-corrected chi connectivity index (χ1v) is 8.71. The van der Waals surface area contributed by atoms with Crippen LogP contribution in [0.2, 0.25) is 0 Å². The Labute approximate surface area is 130 Å². The Morgan fingerprint density at radius 3 is 2.57 bits per heavy atom. The molecule has 0 aromatic heterocycles. The molecule has 1 aliphatic heterocycles. The molecule has 2 heteroatoms. The van der Waals surface area contributed by atoms with E-state index >= 15 is 0 Å². The van der Waals surface area contributed by atoms with Crippen LogP contribution in [0.25, 0.3) is 0 Å². The summed E-state index contributed by atoms with van der Waals surface area (Å²) in [6, 6.07) is 10.9. The summed E-state index contributed by atoms with van der Waals surface area (Å²) < 4.78 is 0. The molecule has 21 heavy (non-hydrogen) atoms. The van der Waals surface area contributed by atoms with Crippen molar-refractivity contribution in [2.45, 2.75) is 57.9 Å². The highest BCUT2D eigenvalue weighted by Crippen LogP contribution is 2.23. The predicted molar refractivity (Wildman–Crippen MR) is 91.8 cm³/mol. The third-order valence-corrected chi connectivity index (χ3v) is 5.28. The topological polar surface area (TPSA) is 15.3 Å². The molecule has 2 rings (SSSR count). The highest BCUT2D eigenvalue weighted by molar-refractivity contribution is 5.18. The first-order valence-electron chi connectivity index (χ1n) is 8.71. The van der Waals surface area contributed by atoms with Crippen molar-refractivity contribution in [3.8, 4) is 0 Å². The van der Waals surface area contributed by atoms with E-state index in [4.69, 9.17) is 0 Å². The zero-order valence-electron chi connectivity index (χ0n) is 14.1. The molecule has 0 aliphatic carbocycles. The molecule has 0 spiro atoms. The van der Waals surface area contributed by atoms with Crippen LogP contribution in [0.4, 0.5) is 0 Å².